The Hall–Kier alpha value is -2.01. The molecule has 0 spiro atoms. The molecule has 1 aliphatic carbocycles. The molecule has 3 aliphatic rings. The van der Waals surface area contributed by atoms with Gasteiger partial charge in [0, 0.05) is 46.9 Å². The molecule has 2 aromatic carbocycles. The van der Waals surface area contributed by atoms with Crippen molar-refractivity contribution in [1.82, 2.24) is 4.90 Å². The van der Waals surface area contributed by atoms with Gasteiger partial charge in [0.25, 0.3) is 0 Å². The van der Waals surface area contributed by atoms with E-state index in [2.05, 4.69) is 54.1 Å². The molecule has 2 aromatic rings. The van der Waals surface area contributed by atoms with Crippen molar-refractivity contribution >= 4 is 17.3 Å². The number of halogens is 1. The summed E-state index contributed by atoms with van der Waals surface area (Å²) in [6.07, 6.45) is 6.08. The Kier molecular flexibility index (Phi) is 6.92. The topological polar surface area (TPSA) is 44.7 Å². The number of ether oxygens (including phenoxy) is 1. The van der Waals surface area contributed by atoms with E-state index in [9.17, 15) is 5.11 Å². The van der Waals surface area contributed by atoms with E-state index < -0.39 is 0 Å². The maximum atomic E-state index is 11.4. The molecule has 5 rings (SSSR count). The number of β-amino-alcohol motifs (C(OH)–C–C–N with tert-alkyl or cyclic N) is 1. The van der Waals surface area contributed by atoms with Crippen molar-refractivity contribution in [2.75, 3.05) is 31.6 Å². The molecule has 2 fully saturated rings. The summed E-state index contributed by atoms with van der Waals surface area (Å²) in [5.41, 5.74) is 4.63. The van der Waals surface area contributed by atoms with E-state index in [1.165, 1.54) is 17.5 Å². The Morgan fingerprint density at radius 3 is 2.74 bits per heavy atom. The lowest BCUT2D eigenvalue weighted by atomic mass is 9.61. The molecule has 34 heavy (non-hydrogen) atoms. The van der Waals surface area contributed by atoms with Gasteiger partial charge in [-0.25, -0.2) is 0 Å². The van der Waals surface area contributed by atoms with Crippen LogP contribution in [0.5, 0.6) is 5.75 Å². The lowest BCUT2D eigenvalue weighted by molar-refractivity contribution is -0.0152. The Morgan fingerprint density at radius 1 is 1.21 bits per heavy atom. The molecule has 1 saturated carbocycles. The zero-order valence-electron chi connectivity index (χ0n) is 20.2. The molecule has 2 heterocycles. The molecule has 4 nitrogen and oxygen atoms in total. The summed E-state index contributed by atoms with van der Waals surface area (Å²) in [5.74, 6) is 1.98. The minimum Gasteiger partial charge on any atom is -0.493 e. The first kappa shape index (κ1) is 23.7. The summed E-state index contributed by atoms with van der Waals surface area (Å²) in [4.78, 5) is 2.45. The molecule has 0 amide bonds. The van der Waals surface area contributed by atoms with E-state index in [1.54, 1.807) is 0 Å². The first-order valence-corrected chi connectivity index (χ1v) is 13.2. The van der Waals surface area contributed by atoms with Gasteiger partial charge in [0.05, 0.1) is 12.7 Å². The number of hydrogen-bond acceptors (Lipinski definition) is 4. The molecule has 0 radical (unpaired) electrons. The predicted octanol–water partition coefficient (Wildman–Crippen LogP) is 6.03. The van der Waals surface area contributed by atoms with Gasteiger partial charge in [0.2, 0.25) is 0 Å². The van der Waals surface area contributed by atoms with Gasteiger partial charge in [-0.15, -0.1) is 0 Å². The first-order chi connectivity index (χ1) is 16.4. The number of fused-ring (bicyclic) bond motifs is 1. The van der Waals surface area contributed by atoms with E-state index in [0.717, 1.165) is 73.9 Å². The minimum atomic E-state index is -0.364. The number of rotatable bonds is 7. The monoisotopic (exact) mass is 480 g/mol. The fourth-order valence-corrected chi connectivity index (χ4v) is 6.03. The quantitative estimate of drug-likeness (QED) is 0.507. The third-order valence-corrected chi connectivity index (χ3v) is 8.74. The molecule has 1 saturated heterocycles. The van der Waals surface area contributed by atoms with Crippen LogP contribution >= 0.6 is 11.6 Å². The summed E-state index contributed by atoms with van der Waals surface area (Å²) in [5, 5.41) is 15.5. The van der Waals surface area contributed by atoms with Gasteiger partial charge in [-0.05, 0) is 73.9 Å². The van der Waals surface area contributed by atoms with Crippen LogP contribution < -0.4 is 10.1 Å². The molecule has 3 atom stereocenters. The molecular formula is C29H37ClN2O2. The average molecular weight is 481 g/mol. The summed E-state index contributed by atoms with van der Waals surface area (Å²) >= 11 is 6.11. The number of likely N-dealkylation sites (tertiary alicyclic amines) is 1. The SMILES string of the molecule is C=C1CCc2ccc(OCC3CN(CC(O)C4(c5ccc(Cl)cc5)CCC4)CCC3C)cc2N1. The van der Waals surface area contributed by atoms with Gasteiger partial charge >= 0.3 is 0 Å². The second-order valence-corrected chi connectivity index (χ2v) is 11.1. The maximum absolute atomic E-state index is 11.4. The van der Waals surface area contributed by atoms with Crippen LogP contribution in [0.15, 0.2) is 54.7 Å². The van der Waals surface area contributed by atoms with Crippen LogP contribution in [0.1, 0.15) is 50.2 Å². The first-order valence-electron chi connectivity index (χ1n) is 12.8. The lowest BCUT2D eigenvalue weighted by Gasteiger charge is -2.48. The smallest absolute Gasteiger partial charge is 0.121 e. The second kappa shape index (κ2) is 9.93. The average Bonchev–Trinajstić information content (AvgIpc) is 2.79. The van der Waals surface area contributed by atoms with Crippen molar-refractivity contribution < 1.29 is 9.84 Å². The molecule has 5 heteroatoms. The van der Waals surface area contributed by atoms with Crippen molar-refractivity contribution in [3.05, 3.63) is 70.9 Å². The summed E-state index contributed by atoms with van der Waals surface area (Å²) in [6, 6.07) is 14.5. The standard InChI is InChI=1S/C29H37ClN2O2/c1-20-12-15-32(18-28(33)29(13-3-14-29)24-7-9-25(30)10-8-24)17-23(20)19-34-26-11-6-22-5-4-21(2)31-27(22)16-26/h6-11,16,20,23,28,31,33H,2-5,12-15,17-19H2,1H3. The van der Waals surface area contributed by atoms with Crippen LogP contribution in [-0.2, 0) is 11.8 Å². The molecule has 2 aliphatic heterocycles. The van der Waals surface area contributed by atoms with Gasteiger partial charge in [-0.1, -0.05) is 49.7 Å². The molecular weight excluding hydrogens is 444 g/mol. The number of benzene rings is 2. The minimum absolute atomic E-state index is 0.125. The Morgan fingerprint density at radius 2 is 2.00 bits per heavy atom. The molecule has 182 valence electrons. The van der Waals surface area contributed by atoms with E-state index >= 15 is 0 Å². The fourth-order valence-electron chi connectivity index (χ4n) is 5.90. The molecule has 0 bridgehead atoms. The normalized spacial score (nSPS) is 25.1. The van der Waals surface area contributed by atoms with Gasteiger partial charge in [-0.2, -0.15) is 0 Å². The summed E-state index contributed by atoms with van der Waals surface area (Å²) in [6.45, 7) is 9.83. The van der Waals surface area contributed by atoms with Crippen LogP contribution in [0.4, 0.5) is 5.69 Å². The van der Waals surface area contributed by atoms with Gasteiger partial charge in [-0.3, -0.25) is 0 Å². The number of aliphatic hydroxyl groups excluding tert-OH is 1. The van der Waals surface area contributed by atoms with Crippen LogP contribution in [0.2, 0.25) is 5.02 Å². The number of anilines is 1. The van der Waals surface area contributed by atoms with Crippen molar-refractivity contribution in [2.24, 2.45) is 11.8 Å². The third kappa shape index (κ3) is 4.86. The lowest BCUT2D eigenvalue weighted by Crippen LogP contribution is -2.53. The van der Waals surface area contributed by atoms with Crippen LogP contribution in [0, 0.1) is 11.8 Å². The van der Waals surface area contributed by atoms with E-state index in [-0.39, 0.29) is 11.5 Å². The number of nitrogens with one attached hydrogen (secondary N) is 1. The van der Waals surface area contributed by atoms with Crippen molar-refractivity contribution in [3.63, 3.8) is 0 Å². The van der Waals surface area contributed by atoms with Crippen LogP contribution in [0.25, 0.3) is 0 Å². The van der Waals surface area contributed by atoms with Crippen LogP contribution in [-0.4, -0.2) is 42.4 Å². The zero-order chi connectivity index (χ0) is 23.7. The molecule has 3 unspecified atom stereocenters. The number of aryl methyl sites for hydroxylation is 1. The van der Waals surface area contributed by atoms with E-state index in [4.69, 9.17) is 16.3 Å². The highest BCUT2D eigenvalue weighted by Gasteiger charge is 2.45. The maximum Gasteiger partial charge on any atom is 0.121 e. The number of nitrogens with zero attached hydrogens (tertiary/aromatic N) is 1. The third-order valence-electron chi connectivity index (χ3n) is 8.48. The highest BCUT2D eigenvalue weighted by atomic mass is 35.5. The Bertz CT molecular complexity index is 1020. The summed E-state index contributed by atoms with van der Waals surface area (Å²) < 4.78 is 6.28. The van der Waals surface area contributed by atoms with E-state index in [0.29, 0.717) is 18.4 Å². The van der Waals surface area contributed by atoms with Crippen molar-refractivity contribution in [1.29, 1.82) is 0 Å². The molecule has 2 N–H and O–H groups in total. The van der Waals surface area contributed by atoms with Gasteiger partial charge in [0.1, 0.15) is 5.75 Å². The summed E-state index contributed by atoms with van der Waals surface area (Å²) in [7, 11) is 0. The number of allylic oxidation sites excluding steroid dienone is 1. The Balaban J connectivity index is 1.20. The molecule has 0 aromatic heterocycles. The number of hydrogen-bond donors (Lipinski definition) is 2. The van der Waals surface area contributed by atoms with Crippen molar-refractivity contribution in [3.8, 4) is 5.75 Å². The number of piperidine rings is 1. The van der Waals surface area contributed by atoms with Crippen molar-refractivity contribution in [2.45, 2.75) is 57.0 Å². The zero-order valence-corrected chi connectivity index (χ0v) is 21.0. The second-order valence-electron chi connectivity index (χ2n) is 10.7. The fraction of sp³-hybridized carbons (Fsp3) is 0.517. The number of aliphatic hydroxyl groups is 1. The highest BCUT2D eigenvalue weighted by Crippen LogP contribution is 2.47. The van der Waals surface area contributed by atoms with Gasteiger partial charge in [0.15, 0.2) is 0 Å². The highest BCUT2D eigenvalue weighted by molar-refractivity contribution is 6.30. The Labute approximate surface area is 209 Å². The van der Waals surface area contributed by atoms with E-state index in [1.807, 2.05) is 12.1 Å². The largest absolute Gasteiger partial charge is 0.493 e. The van der Waals surface area contributed by atoms with Crippen LogP contribution in [0.3, 0.4) is 0 Å². The predicted molar refractivity (Wildman–Crippen MR) is 140 cm³/mol. The van der Waals surface area contributed by atoms with Gasteiger partial charge < -0.3 is 20.1 Å².